The molecule has 0 amide bonds. The number of aromatic nitrogens is 5. The first-order valence-corrected chi connectivity index (χ1v) is 6.27. The number of fused-ring (bicyclic) bond motifs is 1. The first-order valence-electron chi connectivity index (χ1n) is 5.48. The number of H-pyrrole nitrogens is 1. The van der Waals surface area contributed by atoms with Crippen molar-refractivity contribution in [1.82, 2.24) is 25.0 Å². The molecule has 0 atom stereocenters. The van der Waals surface area contributed by atoms with Crippen molar-refractivity contribution in [2.24, 2.45) is 5.73 Å². The molecule has 0 spiro atoms. The number of benzene rings is 1. The monoisotopic (exact) mass is 306 g/mol. The predicted molar refractivity (Wildman–Crippen MR) is 70.8 cm³/mol. The molecule has 18 heavy (non-hydrogen) atoms. The van der Waals surface area contributed by atoms with E-state index in [1.807, 2.05) is 24.4 Å². The smallest absolute Gasteiger partial charge is 0.129 e. The molecule has 3 aromatic rings. The van der Waals surface area contributed by atoms with Gasteiger partial charge in [-0.05, 0) is 18.2 Å². The summed E-state index contributed by atoms with van der Waals surface area (Å²) in [5, 5.41) is 7.93. The SMILES string of the molecule is NCc1cn(Cc2nc3ccc(Br)cc3[nH]2)nn1. The van der Waals surface area contributed by atoms with Gasteiger partial charge in [0.15, 0.2) is 0 Å². The number of nitrogens with two attached hydrogens (primary N) is 1. The van der Waals surface area contributed by atoms with Gasteiger partial charge in [0, 0.05) is 11.0 Å². The van der Waals surface area contributed by atoms with Crippen molar-refractivity contribution in [3.63, 3.8) is 0 Å². The minimum absolute atomic E-state index is 0.396. The van der Waals surface area contributed by atoms with E-state index in [4.69, 9.17) is 5.73 Å². The van der Waals surface area contributed by atoms with Gasteiger partial charge in [-0.2, -0.15) is 0 Å². The molecule has 6 nitrogen and oxygen atoms in total. The minimum atomic E-state index is 0.396. The highest BCUT2D eigenvalue weighted by Gasteiger charge is 2.05. The van der Waals surface area contributed by atoms with Gasteiger partial charge in [-0.3, -0.25) is 0 Å². The zero-order chi connectivity index (χ0) is 12.5. The number of imidazole rings is 1. The summed E-state index contributed by atoms with van der Waals surface area (Å²) in [7, 11) is 0. The van der Waals surface area contributed by atoms with Crippen LogP contribution < -0.4 is 5.73 Å². The number of aromatic amines is 1. The van der Waals surface area contributed by atoms with Crippen LogP contribution in [0.25, 0.3) is 11.0 Å². The van der Waals surface area contributed by atoms with Crippen LogP contribution in [-0.4, -0.2) is 25.0 Å². The molecule has 0 aliphatic heterocycles. The number of hydrogen-bond donors (Lipinski definition) is 2. The number of rotatable bonds is 3. The summed E-state index contributed by atoms with van der Waals surface area (Å²) in [5.41, 5.74) is 8.20. The van der Waals surface area contributed by atoms with Crippen molar-refractivity contribution in [2.75, 3.05) is 0 Å². The molecule has 3 N–H and O–H groups in total. The summed E-state index contributed by atoms with van der Waals surface area (Å²) in [6.07, 6.45) is 1.82. The maximum absolute atomic E-state index is 5.49. The molecule has 0 bridgehead atoms. The Labute approximate surface area is 111 Å². The molecule has 0 aliphatic carbocycles. The van der Waals surface area contributed by atoms with Crippen LogP contribution >= 0.6 is 15.9 Å². The second kappa shape index (κ2) is 4.51. The summed E-state index contributed by atoms with van der Waals surface area (Å²) in [4.78, 5) is 7.74. The Bertz CT molecular complexity index is 686. The molecule has 0 fully saturated rings. The molecule has 0 aliphatic rings. The third-order valence-corrected chi connectivity index (χ3v) is 3.09. The summed E-state index contributed by atoms with van der Waals surface area (Å²) >= 11 is 3.43. The normalized spacial score (nSPS) is 11.2. The predicted octanol–water partition coefficient (Wildman–Crippen LogP) is 1.42. The Kier molecular flexibility index (Phi) is 2.85. The van der Waals surface area contributed by atoms with Crippen molar-refractivity contribution < 1.29 is 0 Å². The fourth-order valence-electron chi connectivity index (χ4n) is 1.77. The molecule has 0 unspecified atom stereocenters. The maximum atomic E-state index is 5.49. The summed E-state index contributed by atoms with van der Waals surface area (Å²) in [5.74, 6) is 0.844. The van der Waals surface area contributed by atoms with E-state index in [0.717, 1.165) is 27.0 Å². The Morgan fingerprint density at radius 3 is 3.06 bits per heavy atom. The van der Waals surface area contributed by atoms with Crippen molar-refractivity contribution >= 4 is 27.0 Å². The maximum Gasteiger partial charge on any atom is 0.129 e. The molecule has 2 aromatic heterocycles. The Hall–Kier alpha value is -1.73. The number of halogens is 1. The van der Waals surface area contributed by atoms with E-state index in [1.54, 1.807) is 4.68 Å². The Balaban J connectivity index is 1.90. The van der Waals surface area contributed by atoms with Gasteiger partial charge in [-0.15, -0.1) is 5.10 Å². The second-order valence-corrected chi connectivity index (χ2v) is 4.87. The Morgan fingerprint density at radius 2 is 2.28 bits per heavy atom. The zero-order valence-corrected chi connectivity index (χ0v) is 11.1. The highest BCUT2D eigenvalue weighted by atomic mass is 79.9. The highest BCUT2D eigenvalue weighted by Crippen LogP contribution is 2.17. The molecular weight excluding hydrogens is 296 g/mol. The summed E-state index contributed by atoms with van der Waals surface area (Å²) < 4.78 is 2.74. The largest absolute Gasteiger partial charge is 0.340 e. The van der Waals surface area contributed by atoms with Crippen LogP contribution in [0.5, 0.6) is 0 Å². The average molecular weight is 307 g/mol. The van der Waals surface area contributed by atoms with Crippen molar-refractivity contribution in [3.05, 3.63) is 40.4 Å². The first kappa shape index (κ1) is 11.4. The van der Waals surface area contributed by atoms with E-state index < -0.39 is 0 Å². The van der Waals surface area contributed by atoms with E-state index in [0.29, 0.717) is 13.1 Å². The van der Waals surface area contributed by atoms with E-state index >= 15 is 0 Å². The van der Waals surface area contributed by atoms with Crippen LogP contribution in [0.15, 0.2) is 28.9 Å². The highest BCUT2D eigenvalue weighted by molar-refractivity contribution is 9.10. The van der Waals surface area contributed by atoms with E-state index in [9.17, 15) is 0 Å². The molecular formula is C11H11BrN6. The van der Waals surface area contributed by atoms with Crippen molar-refractivity contribution in [2.45, 2.75) is 13.1 Å². The topological polar surface area (TPSA) is 85.4 Å². The minimum Gasteiger partial charge on any atom is -0.340 e. The quantitative estimate of drug-likeness (QED) is 0.766. The van der Waals surface area contributed by atoms with Crippen molar-refractivity contribution in [3.8, 4) is 0 Å². The lowest BCUT2D eigenvalue weighted by molar-refractivity contribution is 0.630. The lowest BCUT2D eigenvalue weighted by Gasteiger charge is -1.94. The van der Waals surface area contributed by atoms with E-state index in [2.05, 4.69) is 36.2 Å². The van der Waals surface area contributed by atoms with Gasteiger partial charge in [-0.1, -0.05) is 21.1 Å². The van der Waals surface area contributed by atoms with Crippen LogP contribution in [0.1, 0.15) is 11.5 Å². The van der Waals surface area contributed by atoms with Gasteiger partial charge in [0.05, 0.1) is 22.9 Å². The fraction of sp³-hybridized carbons (Fsp3) is 0.182. The molecule has 1 aromatic carbocycles. The number of nitrogens with zero attached hydrogens (tertiary/aromatic N) is 4. The lowest BCUT2D eigenvalue weighted by Crippen LogP contribution is -2.02. The second-order valence-electron chi connectivity index (χ2n) is 3.96. The molecule has 92 valence electrons. The molecule has 0 radical (unpaired) electrons. The summed E-state index contributed by atoms with van der Waals surface area (Å²) in [6, 6.07) is 5.93. The number of hydrogen-bond acceptors (Lipinski definition) is 4. The van der Waals surface area contributed by atoms with Gasteiger partial charge in [-0.25, -0.2) is 9.67 Å². The molecule has 0 saturated carbocycles. The first-order chi connectivity index (χ1) is 8.74. The molecule has 3 rings (SSSR count). The van der Waals surface area contributed by atoms with Gasteiger partial charge in [0.25, 0.3) is 0 Å². The third-order valence-electron chi connectivity index (χ3n) is 2.60. The zero-order valence-electron chi connectivity index (χ0n) is 9.47. The lowest BCUT2D eigenvalue weighted by atomic mass is 10.3. The van der Waals surface area contributed by atoms with Crippen LogP contribution in [0.3, 0.4) is 0 Å². The van der Waals surface area contributed by atoms with Gasteiger partial charge in [0.1, 0.15) is 12.4 Å². The molecule has 0 saturated heterocycles. The Morgan fingerprint density at radius 1 is 1.39 bits per heavy atom. The fourth-order valence-corrected chi connectivity index (χ4v) is 2.13. The van der Waals surface area contributed by atoms with E-state index in [1.165, 1.54) is 0 Å². The van der Waals surface area contributed by atoms with Crippen LogP contribution in [0.4, 0.5) is 0 Å². The van der Waals surface area contributed by atoms with Crippen LogP contribution in [0.2, 0.25) is 0 Å². The molecule has 2 heterocycles. The number of nitrogens with one attached hydrogen (secondary N) is 1. The van der Waals surface area contributed by atoms with Crippen LogP contribution in [0, 0.1) is 0 Å². The summed E-state index contributed by atoms with van der Waals surface area (Å²) in [6.45, 7) is 0.951. The van der Waals surface area contributed by atoms with Crippen molar-refractivity contribution in [1.29, 1.82) is 0 Å². The standard InChI is InChI=1S/C11H11BrN6/c12-7-1-2-9-10(3-7)15-11(14-9)6-18-5-8(4-13)16-17-18/h1-3,5H,4,6,13H2,(H,14,15). The molecule has 7 heteroatoms. The van der Waals surface area contributed by atoms with E-state index in [-0.39, 0.29) is 0 Å². The van der Waals surface area contributed by atoms with Crippen LogP contribution in [-0.2, 0) is 13.1 Å². The third kappa shape index (κ3) is 2.14. The van der Waals surface area contributed by atoms with Gasteiger partial charge in [0.2, 0.25) is 0 Å². The van der Waals surface area contributed by atoms with Gasteiger partial charge < -0.3 is 10.7 Å². The average Bonchev–Trinajstić information content (AvgIpc) is 2.95. The van der Waals surface area contributed by atoms with Gasteiger partial charge >= 0.3 is 0 Å².